The van der Waals surface area contributed by atoms with Crippen molar-refractivity contribution in [3.63, 3.8) is 0 Å². The summed E-state index contributed by atoms with van der Waals surface area (Å²) in [5, 5.41) is 3.90. The normalized spacial score (nSPS) is 12.5. The molecule has 0 saturated carbocycles. The van der Waals surface area contributed by atoms with Gasteiger partial charge < -0.3 is 0 Å². The first-order chi connectivity index (χ1) is 10.5. The monoisotopic (exact) mass is 314 g/mol. The van der Waals surface area contributed by atoms with Gasteiger partial charge in [0.1, 0.15) is 0 Å². The molecule has 0 aliphatic heterocycles. The third-order valence-corrected chi connectivity index (χ3v) is 4.21. The molecule has 0 aliphatic carbocycles. The molecule has 114 valence electrons. The third kappa shape index (κ3) is 4.56. The Hall–Kier alpha value is -2.40. The summed E-state index contributed by atoms with van der Waals surface area (Å²) in [5.41, 5.74) is 2.60. The summed E-state index contributed by atoms with van der Waals surface area (Å²) in [4.78, 5) is 2.44. The van der Waals surface area contributed by atoms with Gasteiger partial charge in [0.15, 0.2) is 0 Å². The molecule has 1 N–H and O–H groups in total. The molecule has 0 aromatic heterocycles. The predicted molar refractivity (Wildman–Crippen MR) is 90.1 cm³/mol. The van der Waals surface area contributed by atoms with Gasteiger partial charge in [0, 0.05) is 0 Å². The lowest BCUT2D eigenvalue weighted by molar-refractivity contribution is 0.584. The maximum absolute atomic E-state index is 12.1. The van der Waals surface area contributed by atoms with Crippen LogP contribution < -0.4 is 4.83 Å². The number of rotatable bonds is 5. The van der Waals surface area contributed by atoms with Gasteiger partial charge in [-0.15, -0.1) is 0 Å². The van der Waals surface area contributed by atoms with E-state index in [0.717, 1.165) is 11.1 Å². The smallest absolute Gasteiger partial charge is 0.200 e. The first kappa shape index (κ1) is 16.0. The van der Waals surface area contributed by atoms with Crippen molar-refractivity contribution in [1.82, 2.24) is 4.83 Å². The van der Waals surface area contributed by atoms with E-state index >= 15 is 0 Å². The molecule has 0 fully saturated rings. The van der Waals surface area contributed by atoms with Crippen LogP contribution >= 0.6 is 0 Å². The van der Waals surface area contributed by atoms with Crippen LogP contribution in [0.2, 0.25) is 0 Å². The number of allylic oxidation sites excluding steroid dienone is 1. The topological polar surface area (TPSA) is 58.5 Å². The van der Waals surface area contributed by atoms with Crippen molar-refractivity contribution in [2.75, 3.05) is 0 Å². The van der Waals surface area contributed by atoms with Crippen molar-refractivity contribution < 1.29 is 8.42 Å². The zero-order valence-corrected chi connectivity index (χ0v) is 13.3. The summed E-state index contributed by atoms with van der Waals surface area (Å²) in [6, 6.07) is 16.3. The highest BCUT2D eigenvalue weighted by atomic mass is 32.2. The van der Waals surface area contributed by atoms with Crippen molar-refractivity contribution in [1.29, 1.82) is 0 Å². The maximum atomic E-state index is 12.1. The lowest BCUT2D eigenvalue weighted by Crippen LogP contribution is -2.19. The molecule has 2 aromatic carbocycles. The molecule has 0 radical (unpaired) electrons. The highest BCUT2D eigenvalue weighted by molar-refractivity contribution is 7.89. The van der Waals surface area contributed by atoms with Crippen LogP contribution in [0.25, 0.3) is 6.08 Å². The first-order valence-electron chi connectivity index (χ1n) is 6.83. The van der Waals surface area contributed by atoms with E-state index in [1.165, 1.54) is 0 Å². The number of hydrazone groups is 1. The lowest BCUT2D eigenvalue weighted by atomic mass is 10.2. The van der Waals surface area contributed by atoms with E-state index < -0.39 is 10.0 Å². The summed E-state index contributed by atoms with van der Waals surface area (Å²) in [5.74, 6) is 0. The van der Waals surface area contributed by atoms with Gasteiger partial charge in [-0.1, -0.05) is 54.1 Å². The van der Waals surface area contributed by atoms with Crippen LogP contribution in [-0.2, 0) is 10.0 Å². The van der Waals surface area contributed by atoms with Crippen LogP contribution in [-0.4, -0.2) is 14.1 Å². The van der Waals surface area contributed by atoms with Crippen LogP contribution in [0.15, 0.2) is 70.7 Å². The Morgan fingerprint density at radius 1 is 1.05 bits per heavy atom. The van der Waals surface area contributed by atoms with Crippen LogP contribution in [0, 0.1) is 6.92 Å². The van der Waals surface area contributed by atoms with Crippen LogP contribution in [0.1, 0.15) is 18.1 Å². The molecule has 0 heterocycles. The number of nitrogens with one attached hydrogen (secondary N) is 1. The second kappa shape index (κ2) is 7.04. The maximum Gasteiger partial charge on any atom is 0.276 e. The molecular weight excluding hydrogens is 296 g/mol. The molecule has 0 spiro atoms. The van der Waals surface area contributed by atoms with E-state index in [1.54, 1.807) is 37.3 Å². The van der Waals surface area contributed by atoms with Crippen LogP contribution in [0.4, 0.5) is 0 Å². The third-order valence-electron chi connectivity index (χ3n) is 2.99. The van der Waals surface area contributed by atoms with E-state index in [2.05, 4.69) is 9.93 Å². The zero-order valence-electron chi connectivity index (χ0n) is 12.5. The molecule has 22 heavy (non-hydrogen) atoms. The molecule has 0 aliphatic rings. The molecule has 0 atom stereocenters. The highest BCUT2D eigenvalue weighted by Gasteiger charge is 2.11. The Labute approximate surface area is 131 Å². The van der Waals surface area contributed by atoms with Gasteiger partial charge in [-0.3, -0.25) is 0 Å². The SMILES string of the molecule is CC(/C=C/c1ccccc1)=N\NS(=O)(=O)c1ccc(C)cc1. The summed E-state index contributed by atoms with van der Waals surface area (Å²) in [6.07, 6.45) is 3.63. The van der Waals surface area contributed by atoms with Crippen molar-refractivity contribution in [3.8, 4) is 0 Å². The van der Waals surface area contributed by atoms with E-state index in [0.29, 0.717) is 5.71 Å². The summed E-state index contributed by atoms with van der Waals surface area (Å²) < 4.78 is 24.2. The average Bonchev–Trinajstić information content (AvgIpc) is 2.52. The highest BCUT2D eigenvalue weighted by Crippen LogP contribution is 2.09. The van der Waals surface area contributed by atoms with Crippen molar-refractivity contribution in [2.45, 2.75) is 18.7 Å². The van der Waals surface area contributed by atoms with Gasteiger partial charge in [0.05, 0.1) is 10.6 Å². The molecule has 5 heteroatoms. The molecule has 2 aromatic rings. The van der Waals surface area contributed by atoms with Gasteiger partial charge >= 0.3 is 0 Å². The Balaban J connectivity index is 2.06. The Kier molecular flexibility index (Phi) is 5.12. The van der Waals surface area contributed by atoms with Gasteiger partial charge in [-0.25, -0.2) is 0 Å². The Morgan fingerprint density at radius 2 is 1.68 bits per heavy atom. The van der Waals surface area contributed by atoms with Crippen molar-refractivity contribution in [3.05, 3.63) is 71.8 Å². The van der Waals surface area contributed by atoms with Crippen LogP contribution in [0.5, 0.6) is 0 Å². The average molecular weight is 314 g/mol. The molecule has 0 amide bonds. The van der Waals surface area contributed by atoms with E-state index in [-0.39, 0.29) is 4.90 Å². The van der Waals surface area contributed by atoms with Gasteiger partial charge in [-0.2, -0.15) is 18.4 Å². The van der Waals surface area contributed by atoms with Gasteiger partial charge in [0.25, 0.3) is 10.0 Å². The number of sulfonamides is 1. The Bertz CT molecular complexity index is 777. The predicted octanol–water partition coefficient (Wildman–Crippen LogP) is 3.36. The van der Waals surface area contributed by atoms with Gasteiger partial charge in [0.2, 0.25) is 0 Å². The quantitative estimate of drug-likeness (QED) is 0.679. The summed E-state index contributed by atoms with van der Waals surface area (Å²) in [7, 11) is -3.63. The standard InChI is InChI=1S/C17H18N2O2S/c1-14-8-12-17(13-9-14)22(20,21)19-18-15(2)10-11-16-6-4-3-5-7-16/h3-13,19H,1-2H3/b11-10+,18-15+. The molecule has 0 unspecified atom stereocenters. The summed E-state index contributed by atoms with van der Waals surface area (Å²) in [6.45, 7) is 3.64. The fraction of sp³-hybridized carbons (Fsp3) is 0.118. The molecule has 0 bridgehead atoms. The fourth-order valence-electron chi connectivity index (χ4n) is 1.72. The second-order valence-corrected chi connectivity index (χ2v) is 6.57. The largest absolute Gasteiger partial charge is 0.276 e. The van der Waals surface area contributed by atoms with E-state index in [9.17, 15) is 8.42 Å². The van der Waals surface area contributed by atoms with Crippen molar-refractivity contribution in [2.24, 2.45) is 5.10 Å². The number of benzene rings is 2. The van der Waals surface area contributed by atoms with Crippen molar-refractivity contribution >= 4 is 21.8 Å². The molecule has 0 saturated heterocycles. The minimum absolute atomic E-state index is 0.196. The lowest BCUT2D eigenvalue weighted by Gasteiger charge is -2.04. The molecule has 4 nitrogen and oxygen atoms in total. The molecular formula is C17H18N2O2S. The zero-order chi connectivity index (χ0) is 16.0. The molecule has 2 rings (SSSR count). The number of aryl methyl sites for hydroxylation is 1. The number of hydrogen-bond acceptors (Lipinski definition) is 3. The second-order valence-electron chi connectivity index (χ2n) is 4.90. The minimum Gasteiger partial charge on any atom is -0.200 e. The Morgan fingerprint density at radius 3 is 2.32 bits per heavy atom. The van der Waals surface area contributed by atoms with E-state index in [4.69, 9.17) is 0 Å². The first-order valence-corrected chi connectivity index (χ1v) is 8.31. The number of nitrogens with zero attached hydrogens (tertiary/aromatic N) is 1. The minimum atomic E-state index is -3.63. The van der Waals surface area contributed by atoms with Crippen LogP contribution in [0.3, 0.4) is 0 Å². The number of hydrogen-bond donors (Lipinski definition) is 1. The van der Waals surface area contributed by atoms with Gasteiger partial charge in [-0.05, 0) is 37.6 Å². The van der Waals surface area contributed by atoms with E-state index in [1.807, 2.05) is 43.3 Å². The summed E-state index contributed by atoms with van der Waals surface area (Å²) >= 11 is 0. The fourth-order valence-corrected chi connectivity index (χ4v) is 2.58.